The van der Waals surface area contributed by atoms with Crippen LogP contribution in [0.5, 0.6) is 5.75 Å². The van der Waals surface area contributed by atoms with Crippen molar-refractivity contribution in [1.29, 1.82) is 0 Å². The van der Waals surface area contributed by atoms with Crippen LogP contribution < -0.4 is 15.8 Å². The summed E-state index contributed by atoms with van der Waals surface area (Å²) < 4.78 is 10.1. The summed E-state index contributed by atoms with van der Waals surface area (Å²) in [6, 6.07) is 14.7. The highest BCUT2D eigenvalue weighted by Crippen LogP contribution is 2.17. The van der Waals surface area contributed by atoms with Crippen LogP contribution in [0.4, 0.5) is 11.4 Å². The number of ether oxygens (including phenoxy) is 2. The Labute approximate surface area is 153 Å². The molecule has 0 bridgehead atoms. The molecule has 0 atom stereocenters. The SMILES string of the molecule is COC(=O)CCCOc1ccc(NC(=O)CCc2ccccc2N)cc1. The number of carbonyl (C=O) groups is 2. The molecule has 2 aromatic rings. The molecule has 0 saturated carbocycles. The second kappa shape index (κ2) is 10.1. The topological polar surface area (TPSA) is 90.6 Å². The van der Waals surface area contributed by atoms with Gasteiger partial charge in [0.05, 0.1) is 13.7 Å². The molecule has 1 amide bonds. The lowest BCUT2D eigenvalue weighted by Gasteiger charge is -2.09. The highest BCUT2D eigenvalue weighted by Gasteiger charge is 2.06. The van der Waals surface area contributed by atoms with Crippen LogP contribution in [0, 0.1) is 0 Å². The lowest BCUT2D eigenvalue weighted by atomic mass is 10.1. The molecule has 26 heavy (non-hydrogen) atoms. The van der Waals surface area contributed by atoms with E-state index < -0.39 is 0 Å². The molecule has 0 aliphatic carbocycles. The summed E-state index contributed by atoms with van der Waals surface area (Å²) in [5.74, 6) is 0.369. The van der Waals surface area contributed by atoms with Gasteiger partial charge in [-0.1, -0.05) is 18.2 Å². The van der Waals surface area contributed by atoms with E-state index >= 15 is 0 Å². The van der Waals surface area contributed by atoms with Crippen LogP contribution in [0.3, 0.4) is 0 Å². The first-order chi connectivity index (χ1) is 12.6. The fourth-order valence-corrected chi connectivity index (χ4v) is 2.38. The largest absolute Gasteiger partial charge is 0.494 e. The van der Waals surface area contributed by atoms with Crippen LogP contribution in [0.1, 0.15) is 24.8 Å². The Morgan fingerprint density at radius 3 is 2.46 bits per heavy atom. The van der Waals surface area contributed by atoms with Crippen molar-refractivity contribution in [1.82, 2.24) is 0 Å². The molecule has 2 rings (SSSR count). The van der Waals surface area contributed by atoms with Crippen molar-refractivity contribution in [3.8, 4) is 5.75 Å². The molecule has 0 heterocycles. The summed E-state index contributed by atoms with van der Waals surface area (Å²) in [6.07, 6.45) is 1.88. The molecule has 0 saturated heterocycles. The van der Waals surface area contributed by atoms with Crippen molar-refractivity contribution in [2.45, 2.75) is 25.7 Å². The zero-order valence-electron chi connectivity index (χ0n) is 14.9. The van der Waals surface area contributed by atoms with Gasteiger partial charge in [0.2, 0.25) is 5.91 Å². The maximum atomic E-state index is 12.1. The molecule has 0 spiro atoms. The number of rotatable bonds is 9. The van der Waals surface area contributed by atoms with Gasteiger partial charge in [-0.3, -0.25) is 9.59 Å². The van der Waals surface area contributed by atoms with E-state index in [2.05, 4.69) is 10.1 Å². The van der Waals surface area contributed by atoms with E-state index in [9.17, 15) is 9.59 Å². The summed E-state index contributed by atoms with van der Waals surface area (Å²) in [5.41, 5.74) is 8.26. The van der Waals surface area contributed by atoms with Crippen LogP contribution in [0.15, 0.2) is 48.5 Å². The van der Waals surface area contributed by atoms with Gasteiger partial charge in [0.15, 0.2) is 0 Å². The number of hydrogen-bond donors (Lipinski definition) is 2. The van der Waals surface area contributed by atoms with Gasteiger partial charge in [0, 0.05) is 24.2 Å². The first-order valence-electron chi connectivity index (χ1n) is 8.51. The minimum absolute atomic E-state index is 0.0694. The number of nitrogens with one attached hydrogen (secondary N) is 1. The van der Waals surface area contributed by atoms with Gasteiger partial charge >= 0.3 is 5.97 Å². The molecule has 0 unspecified atom stereocenters. The lowest BCUT2D eigenvalue weighted by Crippen LogP contribution is -2.12. The van der Waals surface area contributed by atoms with E-state index in [1.807, 2.05) is 24.3 Å². The second-order valence-electron chi connectivity index (χ2n) is 5.80. The van der Waals surface area contributed by atoms with Crippen LogP contribution in [0.2, 0.25) is 0 Å². The highest BCUT2D eigenvalue weighted by molar-refractivity contribution is 5.90. The van der Waals surface area contributed by atoms with Gasteiger partial charge in [-0.05, 0) is 48.7 Å². The number of methoxy groups -OCH3 is 1. The van der Waals surface area contributed by atoms with Gasteiger partial charge in [-0.2, -0.15) is 0 Å². The molecule has 2 aromatic carbocycles. The zero-order valence-corrected chi connectivity index (χ0v) is 14.9. The van der Waals surface area contributed by atoms with Gasteiger partial charge in [0.1, 0.15) is 5.75 Å². The van der Waals surface area contributed by atoms with Crippen LogP contribution in [0.25, 0.3) is 0 Å². The molecule has 6 heteroatoms. The van der Waals surface area contributed by atoms with Crippen LogP contribution in [-0.4, -0.2) is 25.6 Å². The molecule has 0 radical (unpaired) electrons. The standard InChI is InChI=1S/C20H24N2O4/c1-25-20(24)7-4-14-26-17-11-9-16(10-12-17)22-19(23)13-8-15-5-2-3-6-18(15)21/h2-3,5-6,9-12H,4,7-8,13-14,21H2,1H3,(H,22,23). The Kier molecular flexibility index (Phi) is 7.49. The molecule has 138 valence electrons. The Morgan fingerprint density at radius 2 is 1.77 bits per heavy atom. The Balaban J connectivity index is 1.73. The Morgan fingerprint density at radius 1 is 1.04 bits per heavy atom. The number of carbonyl (C=O) groups excluding carboxylic acids is 2. The molecule has 0 aromatic heterocycles. The molecule has 6 nitrogen and oxygen atoms in total. The molecule has 0 fully saturated rings. The first-order valence-corrected chi connectivity index (χ1v) is 8.51. The number of nitrogens with two attached hydrogens (primary N) is 1. The van der Waals surface area contributed by atoms with E-state index in [0.717, 1.165) is 5.56 Å². The Hall–Kier alpha value is -3.02. The lowest BCUT2D eigenvalue weighted by molar-refractivity contribution is -0.140. The predicted octanol–water partition coefficient (Wildman–Crippen LogP) is 3.17. The molecular weight excluding hydrogens is 332 g/mol. The van der Waals surface area contributed by atoms with Crippen LogP contribution in [-0.2, 0) is 20.7 Å². The molecule has 0 aliphatic rings. The average Bonchev–Trinajstić information content (AvgIpc) is 2.65. The maximum Gasteiger partial charge on any atom is 0.305 e. The van der Waals surface area contributed by atoms with Gasteiger partial charge < -0.3 is 20.5 Å². The van der Waals surface area contributed by atoms with Crippen LogP contribution >= 0.6 is 0 Å². The normalized spacial score (nSPS) is 10.2. The van der Waals surface area contributed by atoms with Crippen molar-refractivity contribution in [2.75, 3.05) is 24.8 Å². The average molecular weight is 356 g/mol. The third kappa shape index (κ3) is 6.47. The number of esters is 1. The summed E-state index contributed by atoms with van der Waals surface area (Å²) in [5, 5.41) is 2.85. The molecule has 3 N–H and O–H groups in total. The first kappa shape index (κ1) is 19.3. The van der Waals surface area contributed by atoms with Gasteiger partial charge in [-0.15, -0.1) is 0 Å². The van der Waals surface area contributed by atoms with E-state index in [1.54, 1.807) is 24.3 Å². The number of aryl methyl sites for hydroxylation is 1. The van der Waals surface area contributed by atoms with Gasteiger partial charge in [0.25, 0.3) is 0 Å². The number of hydrogen-bond acceptors (Lipinski definition) is 5. The summed E-state index contributed by atoms with van der Waals surface area (Å²) >= 11 is 0. The Bertz CT molecular complexity index is 729. The summed E-state index contributed by atoms with van der Waals surface area (Å²) in [6.45, 7) is 0.430. The fraction of sp³-hybridized carbons (Fsp3) is 0.300. The zero-order chi connectivity index (χ0) is 18.8. The maximum absolute atomic E-state index is 12.1. The van der Waals surface area contributed by atoms with Gasteiger partial charge in [-0.25, -0.2) is 0 Å². The third-order valence-corrected chi connectivity index (χ3v) is 3.84. The minimum Gasteiger partial charge on any atom is -0.494 e. The van der Waals surface area contributed by atoms with Crippen molar-refractivity contribution < 1.29 is 19.1 Å². The predicted molar refractivity (Wildman–Crippen MR) is 101 cm³/mol. The fourth-order valence-electron chi connectivity index (χ4n) is 2.38. The monoisotopic (exact) mass is 356 g/mol. The van der Waals surface area contributed by atoms with E-state index in [0.29, 0.717) is 49.4 Å². The quantitative estimate of drug-likeness (QED) is 0.409. The minimum atomic E-state index is -0.246. The van der Waals surface area contributed by atoms with Crippen molar-refractivity contribution in [2.24, 2.45) is 0 Å². The second-order valence-corrected chi connectivity index (χ2v) is 5.80. The number of nitrogen functional groups attached to an aromatic ring is 1. The van der Waals surface area contributed by atoms with E-state index in [4.69, 9.17) is 10.5 Å². The number of para-hydroxylation sites is 1. The summed E-state index contributed by atoms with van der Waals surface area (Å²) in [7, 11) is 1.37. The van der Waals surface area contributed by atoms with Crippen molar-refractivity contribution >= 4 is 23.3 Å². The van der Waals surface area contributed by atoms with E-state index in [1.165, 1.54) is 7.11 Å². The number of benzene rings is 2. The number of amides is 1. The van der Waals surface area contributed by atoms with Crippen molar-refractivity contribution in [3.05, 3.63) is 54.1 Å². The number of anilines is 2. The molecule has 0 aliphatic heterocycles. The highest BCUT2D eigenvalue weighted by atomic mass is 16.5. The van der Waals surface area contributed by atoms with Crippen molar-refractivity contribution in [3.63, 3.8) is 0 Å². The molecular formula is C20H24N2O4. The van der Waals surface area contributed by atoms with E-state index in [-0.39, 0.29) is 11.9 Å². The third-order valence-electron chi connectivity index (χ3n) is 3.84. The summed E-state index contributed by atoms with van der Waals surface area (Å²) in [4.78, 5) is 23.1. The smallest absolute Gasteiger partial charge is 0.305 e.